The molecule has 0 aliphatic heterocycles. The summed E-state index contributed by atoms with van der Waals surface area (Å²) in [4.78, 5) is 11.8. The molecule has 0 bridgehead atoms. The Morgan fingerprint density at radius 3 is 2.45 bits per heavy atom. The molecule has 0 saturated heterocycles. The van der Waals surface area contributed by atoms with Gasteiger partial charge >= 0.3 is 5.97 Å². The predicted octanol–water partition coefficient (Wildman–Crippen LogP) is 8.12. The highest BCUT2D eigenvalue weighted by atomic mass is 19.1. The largest absolute Gasteiger partial charge is 0.497 e. The number of carboxylic acids is 1. The minimum atomic E-state index is -0.750. The zero-order chi connectivity index (χ0) is 28.8. The number of aryl methyl sites for hydroxylation is 1. The second kappa shape index (κ2) is 10.5. The van der Waals surface area contributed by atoms with Gasteiger partial charge in [-0.15, -0.1) is 0 Å². The molecule has 40 heavy (non-hydrogen) atoms. The molecule has 2 aliphatic carbocycles. The van der Waals surface area contributed by atoms with Crippen molar-refractivity contribution in [2.45, 2.75) is 71.8 Å². The average Bonchev–Trinajstić information content (AvgIpc) is 3.34. The van der Waals surface area contributed by atoms with Crippen LogP contribution in [0.25, 0.3) is 11.1 Å². The zero-order valence-electron chi connectivity index (χ0n) is 23.9. The van der Waals surface area contributed by atoms with Crippen LogP contribution in [0.4, 0.5) is 8.78 Å². The van der Waals surface area contributed by atoms with Gasteiger partial charge in [0.15, 0.2) is 0 Å². The Labute approximate surface area is 235 Å². The number of carboxylic acid groups (broad SMARTS) is 1. The van der Waals surface area contributed by atoms with Gasteiger partial charge in [0.1, 0.15) is 29.7 Å². The fraction of sp³-hybridized carbons (Fsp3) is 0.441. The first-order chi connectivity index (χ1) is 19.0. The summed E-state index contributed by atoms with van der Waals surface area (Å²) in [7, 11) is 1.52. The van der Waals surface area contributed by atoms with Crippen LogP contribution >= 0.6 is 0 Å². The van der Waals surface area contributed by atoms with Gasteiger partial charge in [-0.2, -0.15) is 0 Å². The molecule has 1 fully saturated rings. The van der Waals surface area contributed by atoms with E-state index in [0.717, 1.165) is 36.8 Å². The molecular formula is C34H38F2O4. The van der Waals surface area contributed by atoms with E-state index in [-0.39, 0.29) is 29.3 Å². The lowest BCUT2D eigenvalue weighted by atomic mass is 9.79. The van der Waals surface area contributed by atoms with Gasteiger partial charge in [0, 0.05) is 16.5 Å². The summed E-state index contributed by atoms with van der Waals surface area (Å²) < 4.78 is 42.0. The van der Waals surface area contributed by atoms with Crippen LogP contribution in [0, 0.1) is 28.9 Å². The van der Waals surface area contributed by atoms with E-state index in [1.165, 1.54) is 24.8 Å². The highest BCUT2D eigenvalue weighted by Crippen LogP contribution is 2.66. The Bertz CT molecular complexity index is 1450. The highest BCUT2D eigenvalue weighted by molar-refractivity contribution is 5.79. The van der Waals surface area contributed by atoms with E-state index in [9.17, 15) is 14.3 Å². The van der Waals surface area contributed by atoms with Gasteiger partial charge < -0.3 is 14.6 Å². The number of ether oxygens (including phenoxy) is 2. The van der Waals surface area contributed by atoms with Crippen molar-refractivity contribution in [2.75, 3.05) is 7.11 Å². The normalized spacial score (nSPS) is 21.4. The number of halogens is 2. The number of carbonyl (C=O) groups is 1. The van der Waals surface area contributed by atoms with Crippen LogP contribution in [0.1, 0.15) is 69.2 Å². The first-order valence-electron chi connectivity index (χ1n) is 14.1. The SMILES string of the molecule is CCCC(C)(C)Cc1cc(COc2ccc3c(c2)C2(CC3)C(C)C2C(=O)O)c(F)cc1-c1cc(OC)ccc1F. The maximum atomic E-state index is 15.6. The fourth-order valence-electron chi connectivity index (χ4n) is 7.09. The molecule has 3 aromatic carbocycles. The van der Waals surface area contributed by atoms with Crippen molar-refractivity contribution in [3.05, 3.63) is 82.4 Å². The molecular weight excluding hydrogens is 510 g/mol. The van der Waals surface area contributed by atoms with Crippen LogP contribution in [0.15, 0.2) is 48.5 Å². The number of rotatable bonds is 10. The molecule has 1 N–H and O–H groups in total. The molecule has 4 nitrogen and oxygen atoms in total. The molecule has 3 atom stereocenters. The molecule has 6 heteroatoms. The van der Waals surface area contributed by atoms with Gasteiger partial charge in [-0.3, -0.25) is 4.79 Å². The van der Waals surface area contributed by atoms with E-state index in [1.54, 1.807) is 18.2 Å². The van der Waals surface area contributed by atoms with Crippen molar-refractivity contribution in [1.29, 1.82) is 0 Å². The average molecular weight is 549 g/mol. The minimum absolute atomic E-state index is 0.0115. The topological polar surface area (TPSA) is 55.8 Å². The van der Waals surface area contributed by atoms with Crippen LogP contribution in [-0.2, 0) is 29.7 Å². The van der Waals surface area contributed by atoms with E-state index >= 15 is 4.39 Å². The van der Waals surface area contributed by atoms with Crippen molar-refractivity contribution in [3.8, 4) is 22.6 Å². The Morgan fingerprint density at radius 1 is 1.02 bits per heavy atom. The third-order valence-electron chi connectivity index (χ3n) is 9.14. The molecule has 0 amide bonds. The second-order valence-electron chi connectivity index (χ2n) is 12.3. The first-order valence-corrected chi connectivity index (χ1v) is 14.1. The van der Waals surface area contributed by atoms with Crippen LogP contribution < -0.4 is 9.47 Å². The summed E-state index contributed by atoms with van der Waals surface area (Å²) in [5.41, 5.74) is 3.90. The van der Waals surface area contributed by atoms with E-state index in [0.29, 0.717) is 34.6 Å². The maximum Gasteiger partial charge on any atom is 0.307 e. The predicted molar refractivity (Wildman–Crippen MR) is 152 cm³/mol. The Hall–Kier alpha value is -3.41. The smallest absolute Gasteiger partial charge is 0.307 e. The van der Waals surface area contributed by atoms with E-state index < -0.39 is 17.6 Å². The molecule has 3 aromatic rings. The molecule has 212 valence electrons. The van der Waals surface area contributed by atoms with Gasteiger partial charge in [0.2, 0.25) is 0 Å². The minimum Gasteiger partial charge on any atom is -0.497 e. The number of hydrogen-bond donors (Lipinski definition) is 1. The Morgan fingerprint density at radius 2 is 1.77 bits per heavy atom. The maximum absolute atomic E-state index is 15.6. The van der Waals surface area contributed by atoms with E-state index in [4.69, 9.17) is 9.47 Å². The Balaban J connectivity index is 1.46. The van der Waals surface area contributed by atoms with Crippen LogP contribution in [0.5, 0.6) is 11.5 Å². The number of benzene rings is 3. The monoisotopic (exact) mass is 548 g/mol. The highest BCUT2D eigenvalue weighted by Gasteiger charge is 2.68. The summed E-state index contributed by atoms with van der Waals surface area (Å²) in [5.74, 6) is -0.836. The summed E-state index contributed by atoms with van der Waals surface area (Å²) in [5, 5.41) is 9.71. The number of aliphatic carboxylic acids is 1. The lowest BCUT2D eigenvalue weighted by Gasteiger charge is -2.26. The van der Waals surface area contributed by atoms with Crippen molar-refractivity contribution in [3.63, 3.8) is 0 Å². The first kappa shape index (κ1) is 28.1. The summed E-state index contributed by atoms with van der Waals surface area (Å²) >= 11 is 0. The van der Waals surface area contributed by atoms with Gasteiger partial charge in [0.25, 0.3) is 0 Å². The third-order valence-corrected chi connectivity index (χ3v) is 9.14. The number of fused-ring (bicyclic) bond motifs is 2. The van der Waals surface area contributed by atoms with Crippen molar-refractivity contribution < 1.29 is 28.2 Å². The second-order valence-corrected chi connectivity index (χ2v) is 12.3. The molecule has 1 spiro atoms. The van der Waals surface area contributed by atoms with E-state index in [1.807, 2.05) is 25.1 Å². The zero-order valence-corrected chi connectivity index (χ0v) is 23.9. The van der Waals surface area contributed by atoms with Crippen LogP contribution in [-0.4, -0.2) is 18.2 Å². The lowest BCUT2D eigenvalue weighted by Crippen LogP contribution is -2.16. The molecule has 0 radical (unpaired) electrons. The summed E-state index contributed by atoms with van der Waals surface area (Å²) in [6.07, 6.45) is 4.32. The molecule has 0 aromatic heterocycles. The summed E-state index contributed by atoms with van der Waals surface area (Å²) in [6.45, 7) is 8.50. The van der Waals surface area contributed by atoms with Gasteiger partial charge in [-0.05, 0) is 102 Å². The van der Waals surface area contributed by atoms with Crippen molar-refractivity contribution >= 4 is 5.97 Å². The standard InChI is InChI=1S/C34H38F2O4/c1-6-12-33(3,4)18-22-14-23(30(36)17-26(22)27-15-24(39-5)9-10-29(27)35)19-40-25-8-7-21-11-13-34(28(21)16-25)20(2)31(34)32(37)38/h7-10,14-17,20,31H,6,11-13,18-19H2,1-5H3,(H,37,38). The third kappa shape index (κ3) is 4.97. The van der Waals surface area contributed by atoms with Crippen molar-refractivity contribution in [2.24, 2.45) is 17.3 Å². The van der Waals surface area contributed by atoms with Crippen LogP contribution in [0.2, 0.25) is 0 Å². The quantitative estimate of drug-likeness (QED) is 0.278. The number of hydrogen-bond acceptors (Lipinski definition) is 3. The van der Waals surface area contributed by atoms with Gasteiger partial charge in [0.05, 0.1) is 13.0 Å². The molecule has 3 unspecified atom stereocenters. The van der Waals surface area contributed by atoms with Gasteiger partial charge in [-0.25, -0.2) is 8.78 Å². The van der Waals surface area contributed by atoms with Crippen LogP contribution in [0.3, 0.4) is 0 Å². The lowest BCUT2D eigenvalue weighted by molar-refractivity contribution is -0.139. The fourth-order valence-corrected chi connectivity index (χ4v) is 7.09. The Kier molecular flexibility index (Phi) is 7.41. The van der Waals surface area contributed by atoms with E-state index in [2.05, 4.69) is 20.8 Å². The molecule has 2 aliphatic rings. The molecule has 1 saturated carbocycles. The summed E-state index contributed by atoms with van der Waals surface area (Å²) in [6, 6.07) is 13.6. The molecule has 0 heterocycles. The van der Waals surface area contributed by atoms with Crippen molar-refractivity contribution in [1.82, 2.24) is 0 Å². The van der Waals surface area contributed by atoms with Gasteiger partial charge in [-0.1, -0.05) is 40.2 Å². The number of methoxy groups -OCH3 is 1. The molecule has 5 rings (SSSR count).